The van der Waals surface area contributed by atoms with Crippen molar-refractivity contribution < 1.29 is 5.11 Å². The maximum absolute atomic E-state index is 10.0. The van der Waals surface area contributed by atoms with Crippen LogP contribution >= 0.6 is 23.1 Å². The van der Waals surface area contributed by atoms with E-state index in [9.17, 15) is 5.11 Å². The number of benzene rings is 2. The third kappa shape index (κ3) is 1.79. The van der Waals surface area contributed by atoms with E-state index >= 15 is 0 Å². The van der Waals surface area contributed by atoms with E-state index in [1.807, 2.05) is 6.07 Å². The molecule has 0 amide bonds. The Labute approximate surface area is 125 Å². The minimum atomic E-state index is 0.380. The molecule has 1 aliphatic rings. The molecule has 0 fully saturated rings. The number of hydrogen-bond donors (Lipinski definition) is 2. The van der Waals surface area contributed by atoms with Gasteiger partial charge in [0.2, 0.25) is 0 Å². The Morgan fingerprint density at radius 3 is 3.00 bits per heavy atom. The number of thiophene rings is 1. The van der Waals surface area contributed by atoms with E-state index in [4.69, 9.17) is 0 Å². The number of phenolic OH excluding ortho intramolecular Hbond substituents is 1. The smallest absolute Gasteiger partial charge is 0.133 e. The molecule has 0 atom stereocenters. The molecule has 100 valence electrons. The monoisotopic (exact) mass is 299 g/mol. The summed E-state index contributed by atoms with van der Waals surface area (Å²) in [6, 6.07) is 12.3. The lowest BCUT2D eigenvalue weighted by molar-refractivity contribution is 0.482. The lowest BCUT2D eigenvalue weighted by Gasteiger charge is -2.07. The van der Waals surface area contributed by atoms with E-state index in [0.29, 0.717) is 5.75 Å². The van der Waals surface area contributed by atoms with Gasteiger partial charge >= 0.3 is 0 Å². The summed E-state index contributed by atoms with van der Waals surface area (Å²) in [5.74, 6) is 0.380. The first kappa shape index (κ1) is 12.1. The molecule has 0 saturated heterocycles. The van der Waals surface area contributed by atoms with Gasteiger partial charge in [0.1, 0.15) is 5.75 Å². The summed E-state index contributed by atoms with van der Waals surface area (Å²) in [6.07, 6.45) is 0. The summed E-state index contributed by atoms with van der Waals surface area (Å²) >= 11 is 3.48. The van der Waals surface area contributed by atoms with Crippen LogP contribution in [0.5, 0.6) is 5.75 Å². The Morgan fingerprint density at radius 1 is 1.20 bits per heavy atom. The van der Waals surface area contributed by atoms with Crippen LogP contribution < -0.4 is 5.32 Å². The minimum Gasteiger partial charge on any atom is -0.506 e. The summed E-state index contributed by atoms with van der Waals surface area (Å²) in [5.41, 5.74) is 3.75. The molecule has 2 heterocycles. The fraction of sp³-hybridized carbons (Fsp3) is 0.125. The largest absolute Gasteiger partial charge is 0.506 e. The third-order valence-corrected chi connectivity index (χ3v) is 6.11. The molecule has 2 N–H and O–H groups in total. The fourth-order valence-corrected chi connectivity index (χ4v) is 5.18. The molecule has 0 unspecified atom stereocenters. The van der Waals surface area contributed by atoms with E-state index in [2.05, 4.69) is 36.5 Å². The molecule has 3 aromatic rings. The van der Waals surface area contributed by atoms with Crippen molar-refractivity contribution >= 4 is 38.9 Å². The molecule has 1 aromatic heterocycles. The van der Waals surface area contributed by atoms with Gasteiger partial charge in [-0.2, -0.15) is 0 Å². The number of aryl methyl sites for hydroxylation is 1. The van der Waals surface area contributed by atoms with Crippen molar-refractivity contribution in [1.29, 1.82) is 0 Å². The van der Waals surface area contributed by atoms with E-state index in [0.717, 1.165) is 16.6 Å². The van der Waals surface area contributed by atoms with Crippen molar-refractivity contribution in [3.05, 3.63) is 47.5 Å². The number of nitrogens with one attached hydrogen (secondary N) is 1. The van der Waals surface area contributed by atoms with Gasteiger partial charge in [0.15, 0.2) is 0 Å². The molecule has 2 nitrogen and oxygen atoms in total. The van der Waals surface area contributed by atoms with Gasteiger partial charge in [-0.05, 0) is 30.7 Å². The maximum Gasteiger partial charge on any atom is 0.133 e. The Bertz CT molecular complexity index is 823. The predicted molar refractivity (Wildman–Crippen MR) is 86.1 cm³/mol. The second kappa shape index (κ2) is 4.43. The normalized spacial score (nSPS) is 13.4. The van der Waals surface area contributed by atoms with Gasteiger partial charge in [0.25, 0.3) is 0 Å². The Morgan fingerprint density at radius 2 is 2.10 bits per heavy atom. The van der Waals surface area contributed by atoms with Crippen LogP contribution in [0.15, 0.2) is 45.5 Å². The Balaban J connectivity index is 1.92. The van der Waals surface area contributed by atoms with Crippen LogP contribution in [0.4, 0.5) is 5.69 Å². The topological polar surface area (TPSA) is 32.3 Å². The van der Waals surface area contributed by atoms with Gasteiger partial charge in [0, 0.05) is 28.1 Å². The zero-order chi connectivity index (χ0) is 13.7. The minimum absolute atomic E-state index is 0.380. The van der Waals surface area contributed by atoms with Crippen LogP contribution in [0.25, 0.3) is 10.1 Å². The Hall–Kier alpha value is -1.65. The number of phenols is 1. The van der Waals surface area contributed by atoms with Gasteiger partial charge < -0.3 is 10.4 Å². The zero-order valence-corrected chi connectivity index (χ0v) is 12.6. The van der Waals surface area contributed by atoms with Crippen LogP contribution in [-0.2, 0) is 6.54 Å². The molecular formula is C16H13NOS2. The van der Waals surface area contributed by atoms with Gasteiger partial charge in [-0.15, -0.1) is 11.3 Å². The summed E-state index contributed by atoms with van der Waals surface area (Å²) in [7, 11) is 0. The molecule has 0 saturated carbocycles. The van der Waals surface area contributed by atoms with Gasteiger partial charge in [0.05, 0.1) is 8.91 Å². The Kier molecular flexibility index (Phi) is 2.69. The predicted octanol–water partition coefficient (Wildman–Crippen LogP) is 4.99. The summed E-state index contributed by atoms with van der Waals surface area (Å²) in [4.78, 5) is 1.26. The first-order valence-corrected chi connectivity index (χ1v) is 8.11. The van der Waals surface area contributed by atoms with E-state index in [-0.39, 0.29) is 0 Å². The molecule has 0 spiro atoms. The average Bonchev–Trinajstić information content (AvgIpc) is 2.68. The molecule has 1 aliphatic heterocycles. The highest BCUT2D eigenvalue weighted by molar-refractivity contribution is 8.01. The lowest BCUT2D eigenvalue weighted by Crippen LogP contribution is -1.98. The molecular weight excluding hydrogens is 286 g/mol. The van der Waals surface area contributed by atoms with Crippen molar-refractivity contribution in [2.24, 2.45) is 0 Å². The second-order valence-electron chi connectivity index (χ2n) is 4.98. The van der Waals surface area contributed by atoms with E-state index < -0.39 is 0 Å². The van der Waals surface area contributed by atoms with Crippen LogP contribution in [0, 0.1) is 6.92 Å². The summed E-state index contributed by atoms with van der Waals surface area (Å²) in [5, 5.41) is 14.7. The van der Waals surface area contributed by atoms with Crippen LogP contribution in [0.1, 0.15) is 11.1 Å². The van der Waals surface area contributed by atoms with Gasteiger partial charge in [-0.25, -0.2) is 0 Å². The van der Waals surface area contributed by atoms with Gasteiger partial charge in [-0.1, -0.05) is 30.0 Å². The first-order valence-electron chi connectivity index (χ1n) is 6.48. The van der Waals surface area contributed by atoms with Crippen molar-refractivity contribution in [3.63, 3.8) is 0 Å². The molecule has 2 aromatic carbocycles. The second-order valence-corrected chi connectivity index (χ2v) is 7.31. The number of anilines is 1. The highest BCUT2D eigenvalue weighted by atomic mass is 32.2. The van der Waals surface area contributed by atoms with Crippen molar-refractivity contribution in [1.82, 2.24) is 0 Å². The van der Waals surface area contributed by atoms with Crippen molar-refractivity contribution in [2.45, 2.75) is 22.6 Å². The van der Waals surface area contributed by atoms with E-state index in [1.165, 1.54) is 25.9 Å². The summed E-state index contributed by atoms with van der Waals surface area (Å²) in [6.45, 7) is 2.92. The maximum atomic E-state index is 10.0. The lowest BCUT2D eigenvalue weighted by atomic mass is 10.1. The SMILES string of the molecule is Cc1ccc2c(c1)Sc1sc3c(O)cccc3c1CN2. The van der Waals surface area contributed by atoms with Crippen LogP contribution in [0.3, 0.4) is 0 Å². The van der Waals surface area contributed by atoms with Crippen LogP contribution in [-0.4, -0.2) is 5.11 Å². The first-order chi connectivity index (χ1) is 9.72. The quantitative estimate of drug-likeness (QED) is 0.613. The van der Waals surface area contributed by atoms with Crippen molar-refractivity contribution in [2.75, 3.05) is 5.32 Å². The highest BCUT2D eigenvalue weighted by Crippen LogP contribution is 2.48. The molecule has 0 bridgehead atoms. The van der Waals surface area contributed by atoms with Crippen LogP contribution in [0.2, 0.25) is 0 Å². The third-order valence-electron chi connectivity index (χ3n) is 3.56. The van der Waals surface area contributed by atoms with Gasteiger partial charge in [-0.3, -0.25) is 0 Å². The average molecular weight is 299 g/mol. The molecule has 0 radical (unpaired) electrons. The molecule has 20 heavy (non-hydrogen) atoms. The van der Waals surface area contributed by atoms with Crippen molar-refractivity contribution in [3.8, 4) is 5.75 Å². The molecule has 4 rings (SSSR count). The highest BCUT2D eigenvalue weighted by Gasteiger charge is 2.19. The standard InChI is InChI=1S/C16H13NOS2/c1-9-5-6-12-14(7-9)19-16-11(8-17-12)10-3-2-4-13(18)15(10)20-16/h2-7,17-18H,8H2,1H3. The summed E-state index contributed by atoms with van der Waals surface area (Å²) < 4.78 is 2.27. The number of fused-ring (bicyclic) bond motifs is 4. The fourth-order valence-electron chi connectivity index (χ4n) is 2.53. The zero-order valence-electron chi connectivity index (χ0n) is 10.9. The van der Waals surface area contributed by atoms with E-state index in [1.54, 1.807) is 29.2 Å². The number of rotatable bonds is 0. The molecule has 4 heteroatoms. The number of aromatic hydroxyl groups is 1. The number of hydrogen-bond acceptors (Lipinski definition) is 4. The molecule has 0 aliphatic carbocycles.